The summed E-state index contributed by atoms with van der Waals surface area (Å²) in [4.78, 5) is 0. The van der Waals surface area contributed by atoms with E-state index >= 15 is 0 Å². The highest BCUT2D eigenvalue weighted by Crippen LogP contribution is 2.32. The van der Waals surface area contributed by atoms with E-state index in [9.17, 15) is 4.39 Å². The van der Waals surface area contributed by atoms with Crippen molar-refractivity contribution >= 4 is 5.69 Å². The van der Waals surface area contributed by atoms with E-state index in [1.165, 1.54) is 31.6 Å². The lowest BCUT2D eigenvalue weighted by molar-refractivity contribution is 0.384. The Kier molecular flexibility index (Phi) is 3.32. The van der Waals surface area contributed by atoms with E-state index in [4.69, 9.17) is 4.74 Å². The van der Waals surface area contributed by atoms with Crippen LogP contribution in [0.5, 0.6) is 5.75 Å². The van der Waals surface area contributed by atoms with Crippen molar-refractivity contribution in [3.8, 4) is 5.75 Å². The van der Waals surface area contributed by atoms with E-state index in [2.05, 4.69) is 12.2 Å². The standard InChI is InChI=1S/C13H18FNO/c1-3-4-9-5-10-6-13(16-2)11(14)7-12(10)15-8-9/h6-7,9,15H,3-5,8H2,1-2H3. The van der Waals surface area contributed by atoms with Crippen LogP contribution in [-0.2, 0) is 6.42 Å². The van der Waals surface area contributed by atoms with Gasteiger partial charge in [-0.25, -0.2) is 4.39 Å². The normalized spacial score (nSPS) is 18.8. The van der Waals surface area contributed by atoms with Gasteiger partial charge in [-0.05, 0) is 30.4 Å². The highest BCUT2D eigenvalue weighted by Gasteiger charge is 2.19. The number of ether oxygens (including phenoxy) is 1. The highest BCUT2D eigenvalue weighted by molar-refractivity contribution is 5.56. The van der Waals surface area contributed by atoms with Gasteiger partial charge in [0.1, 0.15) is 0 Å². The predicted octanol–water partition coefficient (Wildman–Crippen LogP) is 3.22. The first-order valence-corrected chi connectivity index (χ1v) is 5.85. The first-order chi connectivity index (χ1) is 7.74. The monoisotopic (exact) mass is 223 g/mol. The number of hydrogen-bond acceptors (Lipinski definition) is 2. The summed E-state index contributed by atoms with van der Waals surface area (Å²) in [6.07, 6.45) is 3.43. The van der Waals surface area contributed by atoms with Gasteiger partial charge in [0.2, 0.25) is 0 Å². The lowest BCUT2D eigenvalue weighted by Crippen LogP contribution is -2.23. The summed E-state index contributed by atoms with van der Waals surface area (Å²) >= 11 is 0. The minimum Gasteiger partial charge on any atom is -0.494 e. The molecule has 0 aliphatic carbocycles. The van der Waals surface area contributed by atoms with Gasteiger partial charge in [0.15, 0.2) is 11.6 Å². The smallest absolute Gasteiger partial charge is 0.167 e. The van der Waals surface area contributed by atoms with Gasteiger partial charge >= 0.3 is 0 Å². The number of anilines is 1. The average Bonchev–Trinajstić information content (AvgIpc) is 2.29. The fraction of sp³-hybridized carbons (Fsp3) is 0.538. The second-order valence-electron chi connectivity index (χ2n) is 4.38. The molecule has 1 aromatic rings. The van der Waals surface area contributed by atoms with Crippen molar-refractivity contribution in [2.75, 3.05) is 19.0 Å². The first-order valence-electron chi connectivity index (χ1n) is 5.85. The molecule has 3 heteroatoms. The van der Waals surface area contributed by atoms with Crippen LogP contribution in [0.1, 0.15) is 25.3 Å². The number of benzene rings is 1. The lowest BCUT2D eigenvalue weighted by Gasteiger charge is -2.26. The van der Waals surface area contributed by atoms with Gasteiger partial charge in [-0.3, -0.25) is 0 Å². The van der Waals surface area contributed by atoms with Crippen LogP contribution in [0, 0.1) is 11.7 Å². The van der Waals surface area contributed by atoms with Crippen LogP contribution in [0.25, 0.3) is 0 Å². The second kappa shape index (κ2) is 4.73. The Balaban J connectivity index is 2.23. The molecule has 0 aromatic heterocycles. The van der Waals surface area contributed by atoms with Crippen molar-refractivity contribution in [3.63, 3.8) is 0 Å². The van der Waals surface area contributed by atoms with Crippen molar-refractivity contribution in [1.82, 2.24) is 0 Å². The van der Waals surface area contributed by atoms with Crippen molar-refractivity contribution in [2.24, 2.45) is 5.92 Å². The van der Waals surface area contributed by atoms with Gasteiger partial charge in [0, 0.05) is 18.3 Å². The number of halogens is 1. The summed E-state index contributed by atoms with van der Waals surface area (Å²) in [6, 6.07) is 3.36. The van der Waals surface area contributed by atoms with Crippen molar-refractivity contribution in [1.29, 1.82) is 0 Å². The van der Waals surface area contributed by atoms with E-state index in [1.54, 1.807) is 0 Å². The molecule has 0 amide bonds. The zero-order chi connectivity index (χ0) is 11.5. The molecule has 1 aliphatic rings. The van der Waals surface area contributed by atoms with Gasteiger partial charge in [-0.1, -0.05) is 13.3 Å². The topological polar surface area (TPSA) is 21.3 Å². The Morgan fingerprint density at radius 2 is 2.31 bits per heavy atom. The zero-order valence-corrected chi connectivity index (χ0v) is 9.85. The maximum absolute atomic E-state index is 13.5. The van der Waals surface area contributed by atoms with Crippen LogP contribution in [0.4, 0.5) is 10.1 Å². The first kappa shape index (κ1) is 11.2. The van der Waals surface area contributed by atoms with Crippen LogP contribution < -0.4 is 10.1 Å². The quantitative estimate of drug-likeness (QED) is 0.849. The largest absolute Gasteiger partial charge is 0.494 e. The molecule has 0 fully saturated rings. The van der Waals surface area contributed by atoms with E-state index in [-0.39, 0.29) is 5.82 Å². The molecule has 16 heavy (non-hydrogen) atoms. The molecule has 0 bridgehead atoms. The third kappa shape index (κ3) is 2.13. The highest BCUT2D eigenvalue weighted by atomic mass is 19.1. The molecular formula is C13H18FNO. The van der Waals surface area contributed by atoms with Gasteiger partial charge in [-0.15, -0.1) is 0 Å². The summed E-state index contributed by atoms with van der Waals surface area (Å²) < 4.78 is 18.5. The van der Waals surface area contributed by atoms with E-state index in [1.807, 2.05) is 6.07 Å². The van der Waals surface area contributed by atoms with Gasteiger partial charge in [-0.2, -0.15) is 0 Å². The summed E-state index contributed by atoms with van der Waals surface area (Å²) in [7, 11) is 1.50. The summed E-state index contributed by atoms with van der Waals surface area (Å²) in [5.41, 5.74) is 2.09. The number of methoxy groups -OCH3 is 1. The zero-order valence-electron chi connectivity index (χ0n) is 9.85. The van der Waals surface area contributed by atoms with Gasteiger partial charge in [0.05, 0.1) is 7.11 Å². The molecule has 1 heterocycles. The Hall–Kier alpha value is -1.25. The van der Waals surface area contributed by atoms with Crippen molar-refractivity contribution < 1.29 is 9.13 Å². The van der Waals surface area contributed by atoms with Crippen molar-refractivity contribution in [3.05, 3.63) is 23.5 Å². The van der Waals surface area contributed by atoms with Gasteiger partial charge < -0.3 is 10.1 Å². The van der Waals surface area contributed by atoms with E-state index < -0.39 is 0 Å². The molecular weight excluding hydrogens is 205 g/mol. The third-order valence-corrected chi connectivity index (χ3v) is 3.16. The SMILES string of the molecule is CCCC1CNc2cc(F)c(OC)cc2C1. The molecule has 2 nitrogen and oxygen atoms in total. The molecule has 1 N–H and O–H groups in total. The number of hydrogen-bond donors (Lipinski definition) is 1. The summed E-state index contributed by atoms with van der Waals surface area (Å²) in [5, 5.41) is 3.29. The maximum atomic E-state index is 13.5. The second-order valence-corrected chi connectivity index (χ2v) is 4.38. The molecule has 0 saturated heterocycles. The minimum atomic E-state index is -0.289. The molecule has 1 unspecified atom stereocenters. The van der Waals surface area contributed by atoms with Crippen LogP contribution in [0.15, 0.2) is 12.1 Å². The third-order valence-electron chi connectivity index (χ3n) is 3.16. The van der Waals surface area contributed by atoms with E-state index in [0.717, 1.165) is 18.7 Å². The van der Waals surface area contributed by atoms with Crippen molar-refractivity contribution in [2.45, 2.75) is 26.2 Å². The van der Waals surface area contributed by atoms with Crippen LogP contribution in [0.3, 0.4) is 0 Å². The summed E-state index contributed by atoms with van der Waals surface area (Å²) in [6.45, 7) is 3.15. The molecule has 2 rings (SSSR count). The molecule has 88 valence electrons. The fourth-order valence-electron chi connectivity index (χ4n) is 2.34. The van der Waals surface area contributed by atoms with Crippen LogP contribution >= 0.6 is 0 Å². The van der Waals surface area contributed by atoms with Crippen LogP contribution in [0.2, 0.25) is 0 Å². The number of nitrogens with one attached hydrogen (secondary N) is 1. The fourth-order valence-corrected chi connectivity index (χ4v) is 2.34. The molecule has 0 spiro atoms. The predicted molar refractivity (Wildman–Crippen MR) is 63.5 cm³/mol. The summed E-state index contributed by atoms with van der Waals surface area (Å²) in [5.74, 6) is 0.716. The molecule has 0 radical (unpaired) electrons. The Labute approximate surface area is 95.8 Å². The van der Waals surface area contributed by atoms with Crippen LogP contribution in [-0.4, -0.2) is 13.7 Å². The Morgan fingerprint density at radius 3 is 3.00 bits per heavy atom. The number of fused-ring (bicyclic) bond motifs is 1. The molecule has 1 atom stereocenters. The molecule has 1 aromatic carbocycles. The van der Waals surface area contributed by atoms with E-state index in [0.29, 0.717) is 11.7 Å². The lowest BCUT2D eigenvalue weighted by atomic mass is 9.90. The molecule has 1 aliphatic heterocycles. The minimum absolute atomic E-state index is 0.289. The molecule has 0 saturated carbocycles. The van der Waals surface area contributed by atoms with Gasteiger partial charge in [0.25, 0.3) is 0 Å². The Bertz CT molecular complexity index is 378. The Morgan fingerprint density at radius 1 is 1.50 bits per heavy atom. The maximum Gasteiger partial charge on any atom is 0.167 e. The number of rotatable bonds is 3. The average molecular weight is 223 g/mol.